The van der Waals surface area contributed by atoms with Gasteiger partial charge in [0.25, 0.3) is 0 Å². The smallest absolute Gasteiger partial charge is 0.228 e. The molecule has 1 amide bonds. The number of fused-ring (bicyclic) bond motifs is 1. The second-order valence-electron chi connectivity index (χ2n) is 5.10. The molecule has 2 N–H and O–H groups in total. The van der Waals surface area contributed by atoms with Crippen LogP contribution in [0.1, 0.15) is 24.1 Å². The molecule has 1 atom stereocenters. The minimum atomic E-state index is -0.00244. The number of carbonyl (C=O) groups is 1. The molecular weight excluding hydrogens is 307 g/mol. The van der Waals surface area contributed by atoms with Crippen LogP contribution in [0.2, 0.25) is 10.0 Å². The van der Waals surface area contributed by atoms with Gasteiger partial charge in [-0.25, -0.2) is 0 Å². The summed E-state index contributed by atoms with van der Waals surface area (Å²) in [4.78, 5) is 11.4. The van der Waals surface area contributed by atoms with Crippen molar-refractivity contribution >= 4 is 40.5 Å². The van der Waals surface area contributed by atoms with Gasteiger partial charge in [0, 0.05) is 10.7 Å². The lowest BCUT2D eigenvalue weighted by Gasteiger charge is -2.18. The van der Waals surface area contributed by atoms with Crippen molar-refractivity contribution < 1.29 is 4.79 Å². The van der Waals surface area contributed by atoms with Crippen molar-refractivity contribution in [2.75, 3.05) is 10.6 Å². The maximum Gasteiger partial charge on any atom is 0.228 e. The zero-order chi connectivity index (χ0) is 15.0. The minimum Gasteiger partial charge on any atom is -0.377 e. The quantitative estimate of drug-likeness (QED) is 0.863. The topological polar surface area (TPSA) is 41.1 Å². The van der Waals surface area contributed by atoms with Crippen LogP contribution in [0.5, 0.6) is 0 Å². The van der Waals surface area contributed by atoms with Gasteiger partial charge in [0.05, 0.1) is 23.2 Å². The van der Waals surface area contributed by atoms with Crippen LogP contribution in [-0.4, -0.2) is 5.91 Å². The molecule has 0 saturated carbocycles. The summed E-state index contributed by atoms with van der Waals surface area (Å²) in [6.07, 6.45) is 0.391. The summed E-state index contributed by atoms with van der Waals surface area (Å²) < 4.78 is 0. The van der Waals surface area contributed by atoms with E-state index in [1.807, 2.05) is 37.3 Å². The first-order chi connectivity index (χ1) is 10.0. The molecule has 108 valence electrons. The van der Waals surface area contributed by atoms with Crippen LogP contribution < -0.4 is 10.6 Å². The number of carbonyl (C=O) groups excluding carboxylic acids is 1. The number of hydrogen-bond acceptors (Lipinski definition) is 2. The Balaban J connectivity index is 1.87. The second kappa shape index (κ2) is 5.58. The largest absolute Gasteiger partial charge is 0.377 e. The average molecular weight is 321 g/mol. The van der Waals surface area contributed by atoms with Gasteiger partial charge in [0.1, 0.15) is 0 Å². The molecule has 0 aliphatic carbocycles. The SMILES string of the molecule is CC(Nc1cc2c(cc1Cl)NC(=O)C2)c1ccccc1Cl. The first kappa shape index (κ1) is 14.2. The summed E-state index contributed by atoms with van der Waals surface area (Å²) in [5, 5.41) is 7.44. The van der Waals surface area contributed by atoms with E-state index < -0.39 is 0 Å². The number of benzene rings is 2. The van der Waals surface area contributed by atoms with Crippen LogP contribution in [-0.2, 0) is 11.2 Å². The molecule has 5 heteroatoms. The van der Waals surface area contributed by atoms with Gasteiger partial charge in [-0.2, -0.15) is 0 Å². The Morgan fingerprint density at radius 2 is 1.95 bits per heavy atom. The van der Waals surface area contributed by atoms with Crippen LogP contribution in [0.15, 0.2) is 36.4 Å². The Kier molecular flexibility index (Phi) is 3.79. The Morgan fingerprint density at radius 1 is 1.19 bits per heavy atom. The van der Waals surface area contributed by atoms with Gasteiger partial charge in [0.15, 0.2) is 0 Å². The predicted octanol–water partition coefficient (Wildman–Crippen LogP) is 4.66. The highest BCUT2D eigenvalue weighted by Gasteiger charge is 2.20. The summed E-state index contributed by atoms with van der Waals surface area (Å²) in [5.74, 6) is -0.00244. The van der Waals surface area contributed by atoms with Gasteiger partial charge < -0.3 is 10.6 Å². The Hall–Kier alpha value is -1.71. The summed E-state index contributed by atoms with van der Waals surface area (Å²) in [6, 6.07) is 11.4. The van der Waals surface area contributed by atoms with Crippen molar-refractivity contribution in [3.63, 3.8) is 0 Å². The molecule has 2 aromatic carbocycles. The number of nitrogens with one attached hydrogen (secondary N) is 2. The van der Waals surface area contributed by atoms with Gasteiger partial charge in [0.2, 0.25) is 5.91 Å². The number of halogens is 2. The van der Waals surface area contributed by atoms with Gasteiger partial charge in [-0.05, 0) is 36.2 Å². The van der Waals surface area contributed by atoms with Gasteiger partial charge in [-0.1, -0.05) is 41.4 Å². The van der Waals surface area contributed by atoms with Crippen molar-refractivity contribution in [1.29, 1.82) is 0 Å². The molecule has 0 radical (unpaired) electrons. The average Bonchev–Trinajstić information content (AvgIpc) is 2.78. The molecule has 1 aliphatic rings. The third kappa shape index (κ3) is 2.85. The summed E-state index contributed by atoms with van der Waals surface area (Å²) in [6.45, 7) is 2.02. The monoisotopic (exact) mass is 320 g/mol. The van der Waals surface area contributed by atoms with Crippen LogP contribution in [0.3, 0.4) is 0 Å². The molecule has 0 fully saturated rings. The molecule has 21 heavy (non-hydrogen) atoms. The first-order valence-corrected chi connectivity index (χ1v) is 7.43. The molecule has 3 nitrogen and oxygen atoms in total. The lowest BCUT2D eigenvalue weighted by molar-refractivity contribution is -0.115. The van der Waals surface area contributed by atoms with E-state index in [9.17, 15) is 4.79 Å². The summed E-state index contributed by atoms with van der Waals surface area (Å²) in [7, 11) is 0. The Bertz CT molecular complexity index is 715. The maximum absolute atomic E-state index is 11.4. The van der Waals surface area contributed by atoms with E-state index in [-0.39, 0.29) is 11.9 Å². The highest BCUT2D eigenvalue weighted by Crippen LogP contribution is 2.35. The molecule has 1 aliphatic heterocycles. The second-order valence-corrected chi connectivity index (χ2v) is 5.92. The van der Waals surface area contributed by atoms with Crippen molar-refractivity contribution in [3.8, 4) is 0 Å². The Labute approximate surface area is 133 Å². The normalized spacial score (nSPS) is 14.5. The van der Waals surface area contributed by atoms with E-state index in [0.717, 1.165) is 22.5 Å². The van der Waals surface area contributed by atoms with Crippen molar-refractivity contribution in [1.82, 2.24) is 0 Å². The van der Waals surface area contributed by atoms with E-state index in [2.05, 4.69) is 10.6 Å². The van der Waals surface area contributed by atoms with E-state index in [1.54, 1.807) is 6.07 Å². The molecular formula is C16H14Cl2N2O. The van der Waals surface area contributed by atoms with Crippen LogP contribution in [0.4, 0.5) is 11.4 Å². The zero-order valence-electron chi connectivity index (χ0n) is 11.4. The van der Waals surface area contributed by atoms with Gasteiger partial charge in [-0.15, -0.1) is 0 Å². The molecule has 1 heterocycles. The molecule has 1 unspecified atom stereocenters. The fourth-order valence-electron chi connectivity index (χ4n) is 2.50. The fraction of sp³-hybridized carbons (Fsp3) is 0.188. The van der Waals surface area contributed by atoms with Crippen molar-refractivity contribution in [2.24, 2.45) is 0 Å². The van der Waals surface area contributed by atoms with Crippen LogP contribution in [0.25, 0.3) is 0 Å². The lowest BCUT2D eigenvalue weighted by atomic mass is 10.1. The molecule has 0 saturated heterocycles. The lowest BCUT2D eigenvalue weighted by Crippen LogP contribution is -2.07. The van der Waals surface area contributed by atoms with Gasteiger partial charge >= 0.3 is 0 Å². The number of anilines is 2. The third-order valence-electron chi connectivity index (χ3n) is 3.56. The maximum atomic E-state index is 11.4. The van der Waals surface area contributed by atoms with E-state index in [0.29, 0.717) is 16.5 Å². The van der Waals surface area contributed by atoms with Crippen molar-refractivity contribution in [3.05, 3.63) is 57.6 Å². The van der Waals surface area contributed by atoms with E-state index in [1.165, 1.54) is 0 Å². The van der Waals surface area contributed by atoms with E-state index >= 15 is 0 Å². The number of hydrogen-bond donors (Lipinski definition) is 2. The molecule has 0 spiro atoms. The fourth-order valence-corrected chi connectivity index (χ4v) is 3.01. The standard InChI is InChI=1S/C16H14Cl2N2O/c1-9(11-4-2-3-5-12(11)17)19-15-6-10-7-16(21)20-14(10)8-13(15)18/h2-6,8-9,19H,7H2,1H3,(H,20,21). The Morgan fingerprint density at radius 3 is 2.71 bits per heavy atom. The number of amides is 1. The van der Waals surface area contributed by atoms with Crippen LogP contribution >= 0.6 is 23.2 Å². The van der Waals surface area contributed by atoms with E-state index in [4.69, 9.17) is 23.2 Å². The third-order valence-corrected chi connectivity index (χ3v) is 4.22. The molecule has 0 aromatic heterocycles. The highest BCUT2D eigenvalue weighted by atomic mass is 35.5. The first-order valence-electron chi connectivity index (χ1n) is 6.68. The minimum absolute atomic E-state index is 0.00244. The number of rotatable bonds is 3. The highest BCUT2D eigenvalue weighted by molar-refractivity contribution is 6.34. The zero-order valence-corrected chi connectivity index (χ0v) is 12.9. The molecule has 2 aromatic rings. The summed E-state index contributed by atoms with van der Waals surface area (Å²) in [5.41, 5.74) is 3.56. The van der Waals surface area contributed by atoms with Crippen molar-refractivity contribution in [2.45, 2.75) is 19.4 Å². The van der Waals surface area contributed by atoms with Gasteiger partial charge in [-0.3, -0.25) is 4.79 Å². The molecule has 3 rings (SSSR count). The molecule has 0 bridgehead atoms. The summed E-state index contributed by atoms with van der Waals surface area (Å²) >= 11 is 12.5. The predicted molar refractivity (Wildman–Crippen MR) is 87.3 cm³/mol. The van der Waals surface area contributed by atoms with Crippen LogP contribution in [0, 0.1) is 0 Å².